The summed E-state index contributed by atoms with van der Waals surface area (Å²) in [4.78, 5) is 10.9. The quantitative estimate of drug-likeness (QED) is 0.859. The maximum Gasteiger partial charge on any atom is 0.215 e. The zero-order valence-electron chi connectivity index (χ0n) is 12.1. The molecule has 0 saturated carbocycles. The number of allylic oxidation sites excluding steroid dienone is 2. The lowest BCUT2D eigenvalue weighted by Gasteiger charge is -2.16. The third kappa shape index (κ3) is 2.88. The molecule has 0 radical (unpaired) electrons. The molecule has 21 heavy (non-hydrogen) atoms. The van der Waals surface area contributed by atoms with Gasteiger partial charge < -0.3 is 4.90 Å². The Morgan fingerprint density at radius 1 is 1.24 bits per heavy atom. The zero-order valence-corrected chi connectivity index (χ0v) is 12.9. The van der Waals surface area contributed by atoms with Gasteiger partial charge in [0.25, 0.3) is 0 Å². The Bertz CT molecular complexity index is 701. The van der Waals surface area contributed by atoms with E-state index in [1.165, 1.54) is 0 Å². The fraction of sp³-hybridized carbons (Fsp3) is 0.250. The van der Waals surface area contributed by atoms with E-state index in [1.54, 1.807) is 0 Å². The Labute approximate surface area is 127 Å². The summed E-state index contributed by atoms with van der Waals surface area (Å²) in [5.41, 5.74) is 3.00. The van der Waals surface area contributed by atoms with Gasteiger partial charge in [0.2, 0.25) is 5.17 Å². The lowest BCUT2D eigenvalue weighted by atomic mass is 10.1. The molecule has 0 saturated heterocycles. The summed E-state index contributed by atoms with van der Waals surface area (Å²) in [6, 6.07) is 7.92. The molecule has 0 spiro atoms. The van der Waals surface area contributed by atoms with Crippen LogP contribution in [0.3, 0.4) is 0 Å². The SMILES string of the molecule is CN(C)c1ccccc1CS(=O)C1=NC2C=CC=CC2=N1. The Balaban J connectivity index is 1.81. The third-order valence-electron chi connectivity index (χ3n) is 3.41. The molecule has 3 rings (SSSR count). The number of nitrogens with zero attached hydrogens (tertiary/aromatic N) is 3. The van der Waals surface area contributed by atoms with Crippen LogP contribution in [0, 0.1) is 0 Å². The highest BCUT2D eigenvalue weighted by atomic mass is 32.2. The highest BCUT2D eigenvalue weighted by Gasteiger charge is 2.23. The monoisotopic (exact) mass is 299 g/mol. The van der Waals surface area contributed by atoms with Crippen LogP contribution in [0.25, 0.3) is 0 Å². The summed E-state index contributed by atoms with van der Waals surface area (Å²) in [5, 5.41) is 0.444. The van der Waals surface area contributed by atoms with Crippen LogP contribution in [0.2, 0.25) is 0 Å². The summed E-state index contributed by atoms with van der Waals surface area (Å²) in [7, 11) is 2.75. The van der Waals surface area contributed by atoms with Crippen LogP contribution in [-0.4, -0.2) is 35.2 Å². The van der Waals surface area contributed by atoms with Crippen LogP contribution in [0.1, 0.15) is 5.56 Å². The molecule has 1 aliphatic carbocycles. The van der Waals surface area contributed by atoms with E-state index in [-0.39, 0.29) is 6.04 Å². The number of hydrogen-bond donors (Lipinski definition) is 0. The highest BCUT2D eigenvalue weighted by molar-refractivity contribution is 7.99. The van der Waals surface area contributed by atoms with E-state index < -0.39 is 10.8 Å². The molecule has 0 bridgehead atoms. The second-order valence-corrected chi connectivity index (χ2v) is 6.50. The summed E-state index contributed by atoms with van der Waals surface area (Å²) in [6.07, 6.45) is 7.77. The molecule has 1 heterocycles. The molecule has 108 valence electrons. The smallest absolute Gasteiger partial charge is 0.215 e. The van der Waals surface area contributed by atoms with E-state index in [2.05, 4.69) is 9.98 Å². The zero-order chi connectivity index (χ0) is 14.8. The molecule has 0 amide bonds. The summed E-state index contributed by atoms with van der Waals surface area (Å²) >= 11 is 0. The lowest BCUT2D eigenvalue weighted by molar-refractivity contribution is 0.689. The van der Waals surface area contributed by atoms with Gasteiger partial charge in [-0.15, -0.1) is 0 Å². The molecule has 0 aromatic heterocycles. The van der Waals surface area contributed by atoms with Crippen LogP contribution in [0.4, 0.5) is 5.69 Å². The molecule has 2 aliphatic rings. The maximum absolute atomic E-state index is 12.5. The second-order valence-electron chi connectivity index (χ2n) is 5.15. The Hall–Kier alpha value is -2.01. The van der Waals surface area contributed by atoms with Gasteiger partial charge in [0.15, 0.2) is 0 Å². The molecule has 2 atom stereocenters. The van der Waals surface area contributed by atoms with Crippen molar-refractivity contribution in [3.05, 3.63) is 54.1 Å². The van der Waals surface area contributed by atoms with Crippen molar-refractivity contribution in [2.24, 2.45) is 9.98 Å². The van der Waals surface area contributed by atoms with Crippen molar-refractivity contribution in [3.8, 4) is 0 Å². The van der Waals surface area contributed by atoms with E-state index in [9.17, 15) is 4.21 Å². The van der Waals surface area contributed by atoms with Crippen molar-refractivity contribution in [1.82, 2.24) is 0 Å². The summed E-state index contributed by atoms with van der Waals surface area (Å²) in [5.74, 6) is 0.435. The molecule has 1 aromatic carbocycles. The van der Waals surface area contributed by atoms with Gasteiger partial charge in [-0.05, 0) is 17.7 Å². The van der Waals surface area contributed by atoms with Crippen LogP contribution >= 0.6 is 0 Å². The molecule has 0 fully saturated rings. The van der Waals surface area contributed by atoms with Gasteiger partial charge >= 0.3 is 0 Å². The number of rotatable bonds is 3. The number of hydrogen-bond acceptors (Lipinski definition) is 4. The lowest BCUT2D eigenvalue weighted by Crippen LogP contribution is -2.13. The van der Waals surface area contributed by atoms with E-state index in [4.69, 9.17) is 0 Å². The topological polar surface area (TPSA) is 45.0 Å². The molecule has 4 nitrogen and oxygen atoms in total. The van der Waals surface area contributed by atoms with Gasteiger partial charge in [-0.2, -0.15) is 0 Å². The molecule has 5 heteroatoms. The summed E-state index contributed by atoms with van der Waals surface area (Å²) in [6.45, 7) is 0. The van der Waals surface area contributed by atoms with Crippen molar-refractivity contribution in [1.29, 1.82) is 0 Å². The van der Waals surface area contributed by atoms with Crippen LogP contribution < -0.4 is 4.90 Å². The fourth-order valence-corrected chi connectivity index (χ4v) is 3.47. The van der Waals surface area contributed by atoms with E-state index >= 15 is 0 Å². The Kier molecular flexibility index (Phi) is 3.84. The number of aliphatic imine (C=N–C) groups is 2. The minimum atomic E-state index is -1.22. The van der Waals surface area contributed by atoms with Gasteiger partial charge in [0, 0.05) is 19.8 Å². The van der Waals surface area contributed by atoms with Crippen molar-refractivity contribution < 1.29 is 4.21 Å². The van der Waals surface area contributed by atoms with Gasteiger partial charge in [-0.3, -0.25) is 4.21 Å². The predicted octanol–water partition coefficient (Wildman–Crippen LogP) is 2.31. The molecular weight excluding hydrogens is 282 g/mol. The molecule has 1 aliphatic heterocycles. The van der Waals surface area contributed by atoms with Crippen LogP contribution in [0.5, 0.6) is 0 Å². The predicted molar refractivity (Wildman–Crippen MR) is 89.6 cm³/mol. The third-order valence-corrected chi connectivity index (χ3v) is 4.59. The second kappa shape index (κ2) is 5.77. The first-order valence-electron chi connectivity index (χ1n) is 6.80. The van der Waals surface area contributed by atoms with Crippen molar-refractivity contribution >= 4 is 27.4 Å². The molecular formula is C16H17N3OS. The minimum Gasteiger partial charge on any atom is -0.377 e. The number of para-hydroxylation sites is 1. The average molecular weight is 299 g/mol. The van der Waals surface area contributed by atoms with Crippen LogP contribution in [0.15, 0.2) is 58.6 Å². The first kappa shape index (κ1) is 13.9. The molecule has 1 aromatic rings. The van der Waals surface area contributed by atoms with Crippen molar-refractivity contribution in [3.63, 3.8) is 0 Å². The van der Waals surface area contributed by atoms with Gasteiger partial charge in [-0.25, -0.2) is 9.98 Å². The first-order valence-corrected chi connectivity index (χ1v) is 8.12. The normalized spacial score (nSPS) is 20.8. The maximum atomic E-state index is 12.5. The number of benzene rings is 1. The van der Waals surface area contributed by atoms with Gasteiger partial charge in [0.05, 0.1) is 22.3 Å². The average Bonchev–Trinajstić information content (AvgIpc) is 2.91. The first-order chi connectivity index (χ1) is 10.1. The van der Waals surface area contributed by atoms with E-state index in [1.807, 2.05) is 67.6 Å². The van der Waals surface area contributed by atoms with Crippen molar-refractivity contribution in [2.45, 2.75) is 11.8 Å². The minimum absolute atomic E-state index is 0.0574. The number of fused-ring (bicyclic) bond motifs is 1. The van der Waals surface area contributed by atoms with E-state index in [0.717, 1.165) is 17.0 Å². The standard InChI is InChI=1S/C16H17N3OS/c1-19(2)15-10-6-3-7-12(15)11-21(20)16-17-13-8-4-5-9-14(13)18-16/h3-10,13H,11H2,1-2H3. The number of anilines is 1. The Morgan fingerprint density at radius 2 is 2.05 bits per heavy atom. The number of amidine groups is 1. The largest absolute Gasteiger partial charge is 0.377 e. The van der Waals surface area contributed by atoms with Gasteiger partial charge in [0.1, 0.15) is 6.04 Å². The van der Waals surface area contributed by atoms with E-state index in [0.29, 0.717) is 10.9 Å². The fourth-order valence-electron chi connectivity index (χ4n) is 2.38. The molecule has 0 N–H and O–H groups in total. The molecule has 2 unspecified atom stereocenters. The van der Waals surface area contributed by atoms with Crippen molar-refractivity contribution in [2.75, 3.05) is 19.0 Å². The highest BCUT2D eigenvalue weighted by Crippen LogP contribution is 2.21. The van der Waals surface area contributed by atoms with Gasteiger partial charge in [-0.1, -0.05) is 36.4 Å². The summed E-state index contributed by atoms with van der Waals surface area (Å²) < 4.78 is 12.5. The Morgan fingerprint density at radius 3 is 2.81 bits per heavy atom. The van der Waals surface area contributed by atoms with Crippen LogP contribution in [-0.2, 0) is 16.6 Å².